The number of nitrogen functional groups attached to an aromatic ring is 2. The third kappa shape index (κ3) is 2.81. The van der Waals surface area contributed by atoms with E-state index in [2.05, 4.69) is 10.2 Å². The SMILES string of the molecule is Nc1cccc(-c2ccccc2N=Nc2ccccc2)c1N. The van der Waals surface area contributed by atoms with Gasteiger partial charge in [-0.05, 0) is 24.3 Å². The van der Waals surface area contributed by atoms with Crippen LogP contribution in [0.15, 0.2) is 83.0 Å². The molecule has 0 unspecified atom stereocenters. The summed E-state index contributed by atoms with van der Waals surface area (Å²) in [5.41, 5.74) is 16.4. The van der Waals surface area contributed by atoms with E-state index in [9.17, 15) is 0 Å². The van der Waals surface area contributed by atoms with Gasteiger partial charge < -0.3 is 11.5 Å². The van der Waals surface area contributed by atoms with Gasteiger partial charge in [0.2, 0.25) is 0 Å². The Morgan fingerprint density at radius 2 is 1.27 bits per heavy atom. The first kappa shape index (κ1) is 13.8. The summed E-state index contributed by atoms with van der Waals surface area (Å²) in [6.07, 6.45) is 0. The van der Waals surface area contributed by atoms with Crippen molar-refractivity contribution in [2.24, 2.45) is 10.2 Å². The van der Waals surface area contributed by atoms with E-state index in [0.29, 0.717) is 11.4 Å². The molecule has 3 aromatic carbocycles. The fraction of sp³-hybridized carbons (Fsp3) is 0. The molecular formula is C18H16N4. The van der Waals surface area contributed by atoms with Crippen molar-refractivity contribution in [1.82, 2.24) is 0 Å². The molecule has 0 atom stereocenters. The molecule has 0 saturated carbocycles. The highest BCUT2D eigenvalue weighted by Gasteiger charge is 2.09. The van der Waals surface area contributed by atoms with E-state index in [0.717, 1.165) is 22.5 Å². The predicted octanol–water partition coefficient (Wildman–Crippen LogP) is 4.93. The smallest absolute Gasteiger partial charge is 0.0936 e. The summed E-state index contributed by atoms with van der Waals surface area (Å²) in [6.45, 7) is 0. The van der Waals surface area contributed by atoms with Crippen molar-refractivity contribution in [1.29, 1.82) is 0 Å². The topological polar surface area (TPSA) is 76.8 Å². The van der Waals surface area contributed by atoms with Crippen LogP contribution in [0.1, 0.15) is 0 Å². The Labute approximate surface area is 129 Å². The molecule has 4 N–H and O–H groups in total. The van der Waals surface area contributed by atoms with Gasteiger partial charge in [0.15, 0.2) is 0 Å². The molecule has 0 fully saturated rings. The monoisotopic (exact) mass is 288 g/mol. The molecule has 0 amide bonds. The summed E-state index contributed by atoms with van der Waals surface area (Å²) < 4.78 is 0. The minimum atomic E-state index is 0.560. The quantitative estimate of drug-likeness (QED) is 0.529. The molecule has 4 nitrogen and oxygen atoms in total. The zero-order valence-corrected chi connectivity index (χ0v) is 12.0. The third-order valence-electron chi connectivity index (χ3n) is 3.36. The Hall–Kier alpha value is -3.14. The average Bonchev–Trinajstić information content (AvgIpc) is 2.57. The van der Waals surface area contributed by atoms with Crippen LogP contribution in [0.2, 0.25) is 0 Å². The van der Waals surface area contributed by atoms with Crippen LogP contribution in [0.5, 0.6) is 0 Å². The van der Waals surface area contributed by atoms with Gasteiger partial charge >= 0.3 is 0 Å². The molecule has 4 heteroatoms. The Balaban J connectivity index is 2.04. The summed E-state index contributed by atoms with van der Waals surface area (Å²) >= 11 is 0. The molecule has 0 radical (unpaired) electrons. The Morgan fingerprint density at radius 1 is 0.591 bits per heavy atom. The van der Waals surface area contributed by atoms with E-state index in [4.69, 9.17) is 11.5 Å². The second-order valence-electron chi connectivity index (χ2n) is 4.86. The molecule has 0 heterocycles. The summed E-state index contributed by atoms with van der Waals surface area (Å²) in [5.74, 6) is 0. The molecule has 0 aromatic heterocycles. The first-order chi connectivity index (χ1) is 10.8. The number of para-hydroxylation sites is 1. The van der Waals surface area contributed by atoms with Gasteiger partial charge in [-0.25, -0.2) is 0 Å². The number of azo groups is 1. The van der Waals surface area contributed by atoms with Crippen LogP contribution in [-0.4, -0.2) is 0 Å². The molecule has 0 aliphatic rings. The van der Waals surface area contributed by atoms with Crippen molar-refractivity contribution in [3.63, 3.8) is 0 Å². The molecular weight excluding hydrogens is 272 g/mol. The van der Waals surface area contributed by atoms with Crippen molar-refractivity contribution < 1.29 is 0 Å². The molecule has 108 valence electrons. The number of nitrogens with two attached hydrogens (primary N) is 2. The lowest BCUT2D eigenvalue weighted by molar-refractivity contribution is 1.23. The highest BCUT2D eigenvalue weighted by molar-refractivity contribution is 5.89. The van der Waals surface area contributed by atoms with Gasteiger partial charge in [0.1, 0.15) is 0 Å². The van der Waals surface area contributed by atoms with E-state index >= 15 is 0 Å². The summed E-state index contributed by atoms with van der Waals surface area (Å²) in [6, 6.07) is 22.9. The maximum atomic E-state index is 6.09. The van der Waals surface area contributed by atoms with Gasteiger partial charge in [-0.2, -0.15) is 5.11 Å². The van der Waals surface area contributed by atoms with E-state index in [1.165, 1.54) is 0 Å². The number of hydrogen-bond donors (Lipinski definition) is 2. The number of benzene rings is 3. The lowest BCUT2D eigenvalue weighted by atomic mass is 10.0. The van der Waals surface area contributed by atoms with Crippen molar-refractivity contribution in [3.05, 3.63) is 72.8 Å². The normalized spacial score (nSPS) is 10.9. The highest BCUT2D eigenvalue weighted by Crippen LogP contribution is 2.36. The minimum Gasteiger partial charge on any atom is -0.397 e. The van der Waals surface area contributed by atoms with Crippen molar-refractivity contribution in [3.8, 4) is 11.1 Å². The number of hydrogen-bond acceptors (Lipinski definition) is 4. The van der Waals surface area contributed by atoms with Crippen molar-refractivity contribution in [2.75, 3.05) is 11.5 Å². The first-order valence-electron chi connectivity index (χ1n) is 6.96. The average molecular weight is 288 g/mol. The lowest BCUT2D eigenvalue weighted by Crippen LogP contribution is -1.96. The number of nitrogens with zero attached hydrogens (tertiary/aromatic N) is 2. The second kappa shape index (κ2) is 6.10. The van der Waals surface area contributed by atoms with E-state index < -0.39 is 0 Å². The number of rotatable bonds is 3. The maximum absolute atomic E-state index is 6.09. The molecule has 0 aliphatic carbocycles. The van der Waals surface area contributed by atoms with Crippen LogP contribution >= 0.6 is 0 Å². The molecule has 0 spiro atoms. The largest absolute Gasteiger partial charge is 0.397 e. The molecule has 3 aromatic rings. The van der Waals surface area contributed by atoms with Crippen LogP contribution in [-0.2, 0) is 0 Å². The zero-order valence-electron chi connectivity index (χ0n) is 12.0. The zero-order chi connectivity index (χ0) is 15.4. The third-order valence-corrected chi connectivity index (χ3v) is 3.36. The van der Waals surface area contributed by atoms with Gasteiger partial charge in [-0.3, -0.25) is 0 Å². The van der Waals surface area contributed by atoms with Gasteiger partial charge in [0.05, 0.1) is 22.7 Å². The fourth-order valence-corrected chi connectivity index (χ4v) is 2.21. The van der Waals surface area contributed by atoms with E-state index in [1.807, 2.05) is 66.7 Å². The predicted molar refractivity (Wildman–Crippen MR) is 91.3 cm³/mol. The van der Waals surface area contributed by atoms with Crippen LogP contribution in [0.3, 0.4) is 0 Å². The molecule has 0 aliphatic heterocycles. The van der Waals surface area contributed by atoms with E-state index in [1.54, 1.807) is 6.07 Å². The molecule has 22 heavy (non-hydrogen) atoms. The Bertz CT molecular complexity index is 810. The minimum absolute atomic E-state index is 0.560. The maximum Gasteiger partial charge on any atom is 0.0936 e. The van der Waals surface area contributed by atoms with Crippen LogP contribution in [0.25, 0.3) is 11.1 Å². The molecule has 0 saturated heterocycles. The summed E-state index contributed by atoms with van der Waals surface area (Å²) in [5, 5.41) is 8.62. The molecule has 3 rings (SSSR count). The Kier molecular flexibility index (Phi) is 3.83. The van der Waals surface area contributed by atoms with Crippen LogP contribution in [0.4, 0.5) is 22.7 Å². The van der Waals surface area contributed by atoms with Crippen LogP contribution < -0.4 is 11.5 Å². The second-order valence-corrected chi connectivity index (χ2v) is 4.86. The Morgan fingerprint density at radius 3 is 2.09 bits per heavy atom. The van der Waals surface area contributed by atoms with Gasteiger partial charge in [0.25, 0.3) is 0 Å². The van der Waals surface area contributed by atoms with Crippen LogP contribution in [0, 0.1) is 0 Å². The first-order valence-corrected chi connectivity index (χ1v) is 6.96. The van der Waals surface area contributed by atoms with Gasteiger partial charge in [-0.15, -0.1) is 5.11 Å². The van der Waals surface area contributed by atoms with E-state index in [-0.39, 0.29) is 0 Å². The summed E-state index contributed by atoms with van der Waals surface area (Å²) in [4.78, 5) is 0. The van der Waals surface area contributed by atoms with Crippen molar-refractivity contribution in [2.45, 2.75) is 0 Å². The highest BCUT2D eigenvalue weighted by atomic mass is 15.1. The molecule has 0 bridgehead atoms. The van der Waals surface area contributed by atoms with Crippen molar-refractivity contribution >= 4 is 22.7 Å². The van der Waals surface area contributed by atoms with Gasteiger partial charge in [-0.1, -0.05) is 48.5 Å². The fourth-order valence-electron chi connectivity index (χ4n) is 2.21. The van der Waals surface area contributed by atoms with Gasteiger partial charge in [0, 0.05) is 11.1 Å². The number of anilines is 2. The summed E-state index contributed by atoms with van der Waals surface area (Å²) in [7, 11) is 0. The standard InChI is InChI=1S/C18H16N4/c19-16-11-6-10-15(18(16)20)14-9-4-5-12-17(14)22-21-13-7-2-1-3-8-13/h1-12H,19-20H2. The lowest BCUT2D eigenvalue weighted by Gasteiger charge is -2.10.